The molecule has 1 amide bonds. The van der Waals surface area contributed by atoms with Crippen molar-refractivity contribution in [1.29, 1.82) is 0 Å². The van der Waals surface area contributed by atoms with Crippen molar-refractivity contribution in [2.45, 2.75) is 13.8 Å². The number of nitrogens with zero attached hydrogens (tertiary/aromatic N) is 3. The molecule has 0 radical (unpaired) electrons. The molecule has 2 rings (SSSR count). The molecule has 0 saturated heterocycles. The third-order valence-corrected chi connectivity index (χ3v) is 3.34. The van der Waals surface area contributed by atoms with Gasteiger partial charge < -0.3 is 10.4 Å². The van der Waals surface area contributed by atoms with Gasteiger partial charge in [-0.15, -0.1) is 0 Å². The van der Waals surface area contributed by atoms with Crippen LogP contribution < -0.4 is 5.32 Å². The van der Waals surface area contributed by atoms with Gasteiger partial charge in [0.15, 0.2) is 0 Å². The Labute approximate surface area is 133 Å². The minimum Gasteiger partial charge on any atom is -0.507 e. The van der Waals surface area contributed by atoms with Crippen LogP contribution in [0.2, 0.25) is 0 Å². The lowest BCUT2D eigenvalue weighted by Gasteiger charge is -2.13. The van der Waals surface area contributed by atoms with Crippen LogP contribution in [0.15, 0.2) is 47.6 Å². The third-order valence-electron chi connectivity index (χ3n) is 3.34. The van der Waals surface area contributed by atoms with E-state index >= 15 is 0 Å². The van der Waals surface area contributed by atoms with Crippen LogP contribution in [0.25, 0.3) is 16.5 Å². The van der Waals surface area contributed by atoms with Crippen LogP contribution >= 0.6 is 0 Å². The molecule has 0 heterocycles. The number of aryl methyl sites for hydroxylation is 1. The number of aromatic hydroxyl groups is 1. The Bertz CT molecular complexity index is 807. The minimum absolute atomic E-state index is 0.112. The van der Waals surface area contributed by atoms with Gasteiger partial charge in [0, 0.05) is 16.7 Å². The number of phenolic OH excluding ortho intramolecular Hbond substituents is 1. The summed E-state index contributed by atoms with van der Waals surface area (Å²) in [5.41, 5.74) is 11.3. The molecule has 0 aliphatic heterocycles. The molecule has 0 aliphatic carbocycles. The summed E-state index contributed by atoms with van der Waals surface area (Å²) in [5, 5.41) is 16.0. The molecule has 23 heavy (non-hydrogen) atoms. The van der Waals surface area contributed by atoms with Crippen molar-refractivity contribution in [2.24, 2.45) is 5.11 Å². The van der Waals surface area contributed by atoms with Crippen molar-refractivity contribution in [3.8, 4) is 5.75 Å². The smallest absolute Gasteiger partial charge is 0.248 e. The molecule has 0 atom stereocenters. The molecule has 2 aromatic rings. The van der Waals surface area contributed by atoms with Gasteiger partial charge >= 0.3 is 0 Å². The standard InChI is InChI=1S/C17H16N4O2/c1-11-10-14(22)17(20-21-18)12(2)16(11)19-15(23)9-8-13-6-4-3-5-7-13/h3-10,22H,1-2H3,(H,19,23). The summed E-state index contributed by atoms with van der Waals surface area (Å²) in [6, 6.07) is 10.9. The molecule has 0 unspecified atom stereocenters. The molecular formula is C17H16N4O2. The molecule has 2 aromatic carbocycles. The van der Waals surface area contributed by atoms with E-state index in [-0.39, 0.29) is 17.3 Å². The van der Waals surface area contributed by atoms with E-state index in [9.17, 15) is 9.90 Å². The Morgan fingerprint density at radius 1 is 1.30 bits per heavy atom. The minimum atomic E-state index is -0.308. The van der Waals surface area contributed by atoms with E-state index in [2.05, 4.69) is 15.3 Å². The highest BCUT2D eigenvalue weighted by Crippen LogP contribution is 2.37. The van der Waals surface area contributed by atoms with Gasteiger partial charge in [-0.05, 0) is 48.2 Å². The number of anilines is 1. The summed E-state index contributed by atoms with van der Waals surface area (Å²) < 4.78 is 0. The molecule has 0 fully saturated rings. The predicted octanol–water partition coefficient (Wildman–Crippen LogP) is 4.60. The molecule has 0 saturated carbocycles. The number of carbonyl (C=O) groups is 1. The summed E-state index contributed by atoms with van der Waals surface area (Å²) in [4.78, 5) is 14.8. The second-order valence-corrected chi connectivity index (χ2v) is 4.98. The number of nitrogens with one attached hydrogen (secondary N) is 1. The van der Waals surface area contributed by atoms with Crippen molar-refractivity contribution >= 4 is 23.4 Å². The fraction of sp³-hybridized carbons (Fsp3) is 0.118. The normalized spacial score (nSPS) is 10.3. The number of benzene rings is 2. The highest BCUT2D eigenvalue weighted by atomic mass is 16.3. The van der Waals surface area contributed by atoms with E-state index in [1.165, 1.54) is 12.1 Å². The summed E-state index contributed by atoms with van der Waals surface area (Å²) in [6.45, 7) is 3.43. The van der Waals surface area contributed by atoms with Gasteiger partial charge in [0.05, 0.1) is 5.69 Å². The molecule has 116 valence electrons. The number of amides is 1. The summed E-state index contributed by atoms with van der Waals surface area (Å²) in [5.74, 6) is -0.423. The SMILES string of the molecule is Cc1cc(O)c(N=[N+]=[N-])c(C)c1NC(=O)C=Cc1ccccc1. The van der Waals surface area contributed by atoms with E-state index in [1.807, 2.05) is 30.3 Å². The van der Waals surface area contributed by atoms with Gasteiger partial charge in [0.25, 0.3) is 0 Å². The van der Waals surface area contributed by atoms with Gasteiger partial charge in [-0.3, -0.25) is 4.79 Å². The summed E-state index contributed by atoms with van der Waals surface area (Å²) in [7, 11) is 0. The average molecular weight is 308 g/mol. The molecule has 6 heteroatoms. The van der Waals surface area contributed by atoms with Crippen molar-refractivity contribution < 1.29 is 9.90 Å². The Morgan fingerprint density at radius 2 is 2.00 bits per heavy atom. The van der Waals surface area contributed by atoms with Crippen molar-refractivity contribution in [1.82, 2.24) is 0 Å². The van der Waals surface area contributed by atoms with Gasteiger partial charge in [-0.1, -0.05) is 35.4 Å². The number of rotatable bonds is 4. The van der Waals surface area contributed by atoms with Gasteiger partial charge in [-0.25, -0.2) is 0 Å². The highest BCUT2D eigenvalue weighted by Gasteiger charge is 2.13. The fourth-order valence-corrected chi connectivity index (χ4v) is 2.22. The lowest BCUT2D eigenvalue weighted by Crippen LogP contribution is -2.10. The Kier molecular flexibility index (Phi) is 5.02. The first kappa shape index (κ1) is 16.1. The zero-order chi connectivity index (χ0) is 16.8. The van der Waals surface area contributed by atoms with Crippen LogP contribution in [0.1, 0.15) is 16.7 Å². The van der Waals surface area contributed by atoms with E-state index in [1.54, 1.807) is 19.9 Å². The molecular weight excluding hydrogens is 292 g/mol. The van der Waals surface area contributed by atoms with Crippen LogP contribution in [0.4, 0.5) is 11.4 Å². The first-order chi connectivity index (χ1) is 11.0. The molecule has 6 nitrogen and oxygen atoms in total. The molecule has 2 N–H and O–H groups in total. The second-order valence-electron chi connectivity index (χ2n) is 4.98. The van der Waals surface area contributed by atoms with Crippen molar-refractivity contribution in [3.05, 3.63) is 69.6 Å². The van der Waals surface area contributed by atoms with Crippen LogP contribution in [0, 0.1) is 13.8 Å². The number of azide groups is 1. The predicted molar refractivity (Wildman–Crippen MR) is 90.5 cm³/mol. The van der Waals surface area contributed by atoms with Gasteiger partial charge in [-0.2, -0.15) is 0 Å². The Balaban J connectivity index is 2.26. The number of hydrogen-bond donors (Lipinski definition) is 2. The van der Waals surface area contributed by atoms with E-state index < -0.39 is 0 Å². The van der Waals surface area contributed by atoms with E-state index in [4.69, 9.17) is 5.53 Å². The monoisotopic (exact) mass is 308 g/mol. The van der Waals surface area contributed by atoms with Crippen LogP contribution in [0.5, 0.6) is 5.75 Å². The van der Waals surface area contributed by atoms with Crippen molar-refractivity contribution in [2.75, 3.05) is 5.32 Å². The topological polar surface area (TPSA) is 98.1 Å². The van der Waals surface area contributed by atoms with Crippen molar-refractivity contribution in [3.63, 3.8) is 0 Å². The quantitative estimate of drug-likeness (QED) is 0.283. The number of hydrogen-bond acceptors (Lipinski definition) is 3. The Morgan fingerprint density at radius 3 is 2.65 bits per heavy atom. The summed E-state index contributed by atoms with van der Waals surface area (Å²) >= 11 is 0. The maximum Gasteiger partial charge on any atom is 0.248 e. The van der Waals surface area contributed by atoms with Crippen LogP contribution in [0.3, 0.4) is 0 Å². The highest BCUT2D eigenvalue weighted by molar-refractivity contribution is 6.03. The van der Waals surface area contributed by atoms with Crippen LogP contribution in [-0.2, 0) is 4.79 Å². The molecule has 0 spiro atoms. The first-order valence-electron chi connectivity index (χ1n) is 6.95. The van der Waals surface area contributed by atoms with E-state index in [0.29, 0.717) is 16.8 Å². The zero-order valence-electron chi connectivity index (χ0n) is 12.8. The maximum absolute atomic E-state index is 12.1. The van der Waals surface area contributed by atoms with Gasteiger partial charge in [0.1, 0.15) is 5.75 Å². The number of phenols is 1. The average Bonchev–Trinajstić information content (AvgIpc) is 2.54. The zero-order valence-corrected chi connectivity index (χ0v) is 12.8. The summed E-state index contributed by atoms with van der Waals surface area (Å²) in [6.07, 6.45) is 3.13. The fourth-order valence-electron chi connectivity index (χ4n) is 2.22. The largest absolute Gasteiger partial charge is 0.507 e. The lowest BCUT2D eigenvalue weighted by atomic mass is 10.1. The lowest BCUT2D eigenvalue weighted by molar-refractivity contribution is -0.111. The van der Waals surface area contributed by atoms with Crippen LogP contribution in [-0.4, -0.2) is 11.0 Å². The molecule has 0 aromatic heterocycles. The van der Waals surface area contributed by atoms with Gasteiger partial charge in [0.2, 0.25) is 5.91 Å². The molecule has 0 aliphatic rings. The second kappa shape index (κ2) is 7.15. The maximum atomic E-state index is 12.1. The third kappa shape index (κ3) is 3.90. The Hall–Kier alpha value is -3.24. The number of carbonyl (C=O) groups excluding carboxylic acids is 1. The first-order valence-corrected chi connectivity index (χ1v) is 6.95. The molecule has 0 bridgehead atoms. The van der Waals surface area contributed by atoms with E-state index in [0.717, 1.165) is 5.56 Å².